The Morgan fingerprint density at radius 3 is 2.50 bits per heavy atom. The predicted molar refractivity (Wildman–Crippen MR) is 78.0 cm³/mol. The van der Waals surface area contributed by atoms with Gasteiger partial charge in [0.15, 0.2) is 0 Å². The van der Waals surface area contributed by atoms with Gasteiger partial charge in [0.25, 0.3) is 0 Å². The fourth-order valence-corrected chi connectivity index (χ4v) is 3.07. The predicted octanol–water partition coefficient (Wildman–Crippen LogP) is 2.51. The Bertz CT molecular complexity index is 229. The molecule has 2 unspecified atom stereocenters. The zero-order valence-electron chi connectivity index (χ0n) is 13.0. The van der Waals surface area contributed by atoms with Crippen LogP contribution in [0.3, 0.4) is 0 Å². The Morgan fingerprint density at radius 1 is 1.33 bits per heavy atom. The SMILES string of the molecule is CCC(C)C1CN(CCOC)C(CC)(CC)CN1. The Labute approximate surface area is 113 Å². The van der Waals surface area contributed by atoms with Crippen LogP contribution in [0.25, 0.3) is 0 Å². The van der Waals surface area contributed by atoms with E-state index >= 15 is 0 Å². The second-order valence-electron chi connectivity index (χ2n) is 5.74. The maximum atomic E-state index is 5.29. The highest BCUT2D eigenvalue weighted by molar-refractivity contribution is 4.98. The zero-order chi connectivity index (χ0) is 13.6. The van der Waals surface area contributed by atoms with Gasteiger partial charge in [0.05, 0.1) is 6.61 Å². The molecule has 0 bridgehead atoms. The summed E-state index contributed by atoms with van der Waals surface area (Å²) in [6, 6.07) is 0.637. The van der Waals surface area contributed by atoms with Crippen molar-refractivity contribution < 1.29 is 4.74 Å². The molecule has 0 radical (unpaired) electrons. The summed E-state index contributed by atoms with van der Waals surface area (Å²) in [5, 5.41) is 3.79. The largest absolute Gasteiger partial charge is 0.383 e. The number of hydrogen-bond donors (Lipinski definition) is 1. The first-order valence-electron chi connectivity index (χ1n) is 7.60. The van der Waals surface area contributed by atoms with E-state index in [2.05, 4.69) is 37.9 Å². The fraction of sp³-hybridized carbons (Fsp3) is 1.00. The highest BCUT2D eigenvalue weighted by atomic mass is 16.5. The van der Waals surface area contributed by atoms with Crippen LogP contribution in [0.1, 0.15) is 47.0 Å². The minimum absolute atomic E-state index is 0.336. The summed E-state index contributed by atoms with van der Waals surface area (Å²) >= 11 is 0. The summed E-state index contributed by atoms with van der Waals surface area (Å²) in [5.41, 5.74) is 0.336. The van der Waals surface area contributed by atoms with Gasteiger partial charge >= 0.3 is 0 Å². The summed E-state index contributed by atoms with van der Waals surface area (Å²) < 4.78 is 5.29. The molecule has 0 aromatic heterocycles. The molecule has 18 heavy (non-hydrogen) atoms. The van der Waals surface area contributed by atoms with Gasteiger partial charge < -0.3 is 10.1 Å². The topological polar surface area (TPSA) is 24.5 Å². The van der Waals surface area contributed by atoms with Crippen LogP contribution in [0.15, 0.2) is 0 Å². The van der Waals surface area contributed by atoms with Gasteiger partial charge in [-0.2, -0.15) is 0 Å². The van der Waals surface area contributed by atoms with Gasteiger partial charge in [0.1, 0.15) is 0 Å². The number of methoxy groups -OCH3 is 1. The van der Waals surface area contributed by atoms with Gasteiger partial charge in [-0.25, -0.2) is 0 Å². The van der Waals surface area contributed by atoms with E-state index in [1.165, 1.54) is 25.8 Å². The molecule has 0 saturated carbocycles. The number of nitrogens with zero attached hydrogens (tertiary/aromatic N) is 1. The second kappa shape index (κ2) is 7.46. The van der Waals surface area contributed by atoms with Crippen LogP contribution in [0.2, 0.25) is 0 Å². The molecule has 0 amide bonds. The van der Waals surface area contributed by atoms with E-state index in [4.69, 9.17) is 4.74 Å². The minimum atomic E-state index is 0.336. The van der Waals surface area contributed by atoms with E-state index in [1.54, 1.807) is 7.11 Å². The summed E-state index contributed by atoms with van der Waals surface area (Å²) in [7, 11) is 1.80. The smallest absolute Gasteiger partial charge is 0.0589 e. The van der Waals surface area contributed by atoms with E-state index in [9.17, 15) is 0 Å². The number of piperazine rings is 1. The monoisotopic (exact) mass is 256 g/mol. The van der Waals surface area contributed by atoms with E-state index in [0.717, 1.165) is 25.6 Å². The van der Waals surface area contributed by atoms with Crippen LogP contribution < -0.4 is 5.32 Å². The molecule has 1 aliphatic rings. The van der Waals surface area contributed by atoms with Gasteiger partial charge in [-0.1, -0.05) is 34.1 Å². The molecule has 1 N–H and O–H groups in total. The molecule has 0 aromatic rings. The maximum Gasteiger partial charge on any atom is 0.0589 e. The molecule has 1 aliphatic heterocycles. The van der Waals surface area contributed by atoms with Crippen LogP contribution in [-0.2, 0) is 4.74 Å². The van der Waals surface area contributed by atoms with E-state index < -0.39 is 0 Å². The first-order valence-corrected chi connectivity index (χ1v) is 7.60. The van der Waals surface area contributed by atoms with Crippen molar-refractivity contribution in [2.24, 2.45) is 5.92 Å². The molecular formula is C15H32N2O. The zero-order valence-corrected chi connectivity index (χ0v) is 13.0. The van der Waals surface area contributed by atoms with Crippen LogP contribution >= 0.6 is 0 Å². The summed E-state index contributed by atoms with van der Waals surface area (Å²) in [4.78, 5) is 2.67. The first-order chi connectivity index (χ1) is 8.63. The fourth-order valence-electron chi connectivity index (χ4n) is 3.07. The van der Waals surface area contributed by atoms with Crippen molar-refractivity contribution in [3.63, 3.8) is 0 Å². The Morgan fingerprint density at radius 2 is 2.00 bits per heavy atom. The van der Waals surface area contributed by atoms with Crippen LogP contribution in [0.5, 0.6) is 0 Å². The third kappa shape index (κ3) is 3.46. The molecule has 0 aliphatic carbocycles. The van der Waals surface area contributed by atoms with Crippen molar-refractivity contribution in [2.45, 2.75) is 58.5 Å². The lowest BCUT2D eigenvalue weighted by Crippen LogP contribution is -2.65. The normalized spacial score (nSPS) is 26.2. The average molecular weight is 256 g/mol. The summed E-state index contributed by atoms with van der Waals surface area (Å²) in [6.07, 6.45) is 3.68. The average Bonchev–Trinajstić information content (AvgIpc) is 2.43. The number of rotatable bonds is 7. The molecule has 1 rings (SSSR count). The minimum Gasteiger partial charge on any atom is -0.383 e. The maximum absolute atomic E-state index is 5.29. The molecule has 0 spiro atoms. The van der Waals surface area contributed by atoms with Gasteiger partial charge in [0, 0.05) is 38.3 Å². The Kier molecular flexibility index (Phi) is 6.61. The van der Waals surface area contributed by atoms with Crippen molar-refractivity contribution in [1.29, 1.82) is 0 Å². The molecular weight excluding hydrogens is 224 g/mol. The van der Waals surface area contributed by atoms with E-state index in [-0.39, 0.29) is 0 Å². The molecule has 1 heterocycles. The molecule has 2 atom stereocenters. The van der Waals surface area contributed by atoms with Crippen LogP contribution in [0.4, 0.5) is 0 Å². The Hall–Kier alpha value is -0.120. The van der Waals surface area contributed by atoms with Crippen LogP contribution in [-0.4, -0.2) is 49.8 Å². The molecule has 108 valence electrons. The van der Waals surface area contributed by atoms with Crippen molar-refractivity contribution in [3.05, 3.63) is 0 Å². The quantitative estimate of drug-likeness (QED) is 0.757. The summed E-state index contributed by atoms with van der Waals surface area (Å²) in [6.45, 7) is 13.5. The molecule has 1 saturated heterocycles. The third-order valence-corrected chi connectivity index (χ3v) is 4.99. The molecule has 3 nitrogen and oxygen atoms in total. The summed E-state index contributed by atoms with van der Waals surface area (Å²) in [5.74, 6) is 0.752. The van der Waals surface area contributed by atoms with Gasteiger partial charge in [-0.3, -0.25) is 4.90 Å². The van der Waals surface area contributed by atoms with E-state index in [1.807, 2.05) is 0 Å². The number of nitrogens with one attached hydrogen (secondary N) is 1. The highest BCUT2D eigenvalue weighted by Gasteiger charge is 2.39. The number of ether oxygens (including phenoxy) is 1. The second-order valence-corrected chi connectivity index (χ2v) is 5.74. The molecule has 1 fully saturated rings. The van der Waals surface area contributed by atoms with Crippen molar-refractivity contribution in [1.82, 2.24) is 10.2 Å². The van der Waals surface area contributed by atoms with Crippen LogP contribution in [0, 0.1) is 5.92 Å². The Balaban J connectivity index is 2.71. The molecule has 0 aromatic carbocycles. The number of hydrogen-bond acceptors (Lipinski definition) is 3. The van der Waals surface area contributed by atoms with Gasteiger partial charge in [-0.15, -0.1) is 0 Å². The third-order valence-electron chi connectivity index (χ3n) is 4.99. The first kappa shape index (κ1) is 15.9. The lowest BCUT2D eigenvalue weighted by atomic mass is 9.84. The highest BCUT2D eigenvalue weighted by Crippen LogP contribution is 2.28. The van der Waals surface area contributed by atoms with Crippen molar-refractivity contribution in [3.8, 4) is 0 Å². The van der Waals surface area contributed by atoms with E-state index in [0.29, 0.717) is 11.6 Å². The lowest BCUT2D eigenvalue weighted by Gasteiger charge is -2.50. The standard InChI is InChI=1S/C15H32N2O/c1-6-13(4)14-11-17(9-10-18-5)15(7-2,8-3)12-16-14/h13-14,16H,6-12H2,1-5H3. The van der Waals surface area contributed by atoms with Crippen molar-refractivity contribution in [2.75, 3.05) is 33.4 Å². The lowest BCUT2D eigenvalue weighted by molar-refractivity contribution is 0.00334. The van der Waals surface area contributed by atoms with Gasteiger partial charge in [0.2, 0.25) is 0 Å². The van der Waals surface area contributed by atoms with Crippen molar-refractivity contribution >= 4 is 0 Å². The molecule has 3 heteroatoms. The van der Waals surface area contributed by atoms with Gasteiger partial charge in [-0.05, 0) is 18.8 Å².